The van der Waals surface area contributed by atoms with E-state index in [1.807, 2.05) is 6.92 Å². The number of amides is 1. The molecule has 0 spiro atoms. The van der Waals surface area contributed by atoms with Gasteiger partial charge in [0, 0.05) is 25.0 Å². The normalized spacial score (nSPS) is 30.1. The summed E-state index contributed by atoms with van der Waals surface area (Å²) >= 11 is 0. The van der Waals surface area contributed by atoms with Gasteiger partial charge in [0.25, 0.3) is 0 Å². The summed E-state index contributed by atoms with van der Waals surface area (Å²) in [6, 6.07) is 0.158. The van der Waals surface area contributed by atoms with Crippen LogP contribution in [-0.4, -0.2) is 41.7 Å². The summed E-state index contributed by atoms with van der Waals surface area (Å²) in [5.41, 5.74) is 5.95. The highest BCUT2D eigenvalue weighted by Gasteiger charge is 2.31. The summed E-state index contributed by atoms with van der Waals surface area (Å²) in [6.45, 7) is 5.24. The van der Waals surface area contributed by atoms with Crippen molar-refractivity contribution in [3.8, 4) is 0 Å². The third-order valence-corrected chi connectivity index (χ3v) is 3.39. The van der Waals surface area contributed by atoms with Crippen LogP contribution in [0.1, 0.15) is 33.1 Å². The quantitative estimate of drug-likeness (QED) is 0.740. The monoisotopic (exact) mass is 228 g/mol. The molecule has 94 valence electrons. The largest absolute Gasteiger partial charge is 0.395 e. The molecule has 0 heterocycles. The predicted octanol–water partition coefficient (Wildman–Crippen LogP) is 0.591. The van der Waals surface area contributed by atoms with E-state index in [1.54, 1.807) is 4.90 Å². The molecular formula is C12H24N2O2. The molecule has 3 unspecified atom stereocenters. The van der Waals surface area contributed by atoms with E-state index < -0.39 is 0 Å². The first-order valence-corrected chi connectivity index (χ1v) is 6.23. The molecule has 1 aliphatic rings. The van der Waals surface area contributed by atoms with Crippen LogP contribution in [-0.2, 0) is 4.79 Å². The molecule has 0 radical (unpaired) electrons. The second kappa shape index (κ2) is 6.21. The number of nitrogens with zero attached hydrogens (tertiary/aromatic N) is 1. The van der Waals surface area contributed by atoms with Crippen molar-refractivity contribution >= 4 is 5.91 Å². The number of likely N-dealkylation sites (N-methyl/N-ethyl adjacent to an activating group) is 1. The number of rotatable bonds is 4. The van der Waals surface area contributed by atoms with Crippen LogP contribution in [0.25, 0.3) is 0 Å². The fourth-order valence-corrected chi connectivity index (χ4v) is 2.66. The van der Waals surface area contributed by atoms with Gasteiger partial charge in [-0.15, -0.1) is 0 Å². The SMILES string of the molecule is CCN(CCO)C(=O)C1CC(C)CC(N)C1. The minimum atomic E-state index is 0.0356. The van der Waals surface area contributed by atoms with Gasteiger partial charge in [-0.3, -0.25) is 4.79 Å². The molecule has 0 aromatic heterocycles. The molecule has 0 bridgehead atoms. The molecule has 0 aromatic rings. The topological polar surface area (TPSA) is 66.6 Å². The maximum absolute atomic E-state index is 12.2. The Morgan fingerprint density at radius 1 is 1.44 bits per heavy atom. The lowest BCUT2D eigenvalue weighted by atomic mass is 9.79. The van der Waals surface area contributed by atoms with E-state index in [2.05, 4.69) is 6.92 Å². The van der Waals surface area contributed by atoms with E-state index in [-0.39, 0.29) is 24.5 Å². The average Bonchev–Trinajstić information content (AvgIpc) is 2.23. The Hall–Kier alpha value is -0.610. The van der Waals surface area contributed by atoms with E-state index in [0.29, 0.717) is 19.0 Å². The molecule has 16 heavy (non-hydrogen) atoms. The molecule has 1 amide bonds. The third-order valence-electron chi connectivity index (χ3n) is 3.39. The van der Waals surface area contributed by atoms with Gasteiger partial charge in [-0.25, -0.2) is 0 Å². The summed E-state index contributed by atoms with van der Waals surface area (Å²) in [5.74, 6) is 0.759. The van der Waals surface area contributed by atoms with Gasteiger partial charge in [-0.1, -0.05) is 6.92 Å². The highest BCUT2D eigenvalue weighted by atomic mass is 16.3. The van der Waals surface area contributed by atoms with Crippen molar-refractivity contribution in [3.05, 3.63) is 0 Å². The molecule has 1 aliphatic carbocycles. The number of aliphatic hydroxyl groups is 1. The smallest absolute Gasteiger partial charge is 0.225 e. The van der Waals surface area contributed by atoms with Crippen LogP contribution in [0.5, 0.6) is 0 Å². The Morgan fingerprint density at radius 2 is 2.12 bits per heavy atom. The molecule has 4 heteroatoms. The minimum Gasteiger partial charge on any atom is -0.395 e. The summed E-state index contributed by atoms with van der Waals surface area (Å²) < 4.78 is 0. The lowest BCUT2D eigenvalue weighted by Gasteiger charge is -2.33. The second-order valence-corrected chi connectivity index (χ2v) is 4.91. The molecule has 0 saturated heterocycles. The van der Waals surface area contributed by atoms with Crippen LogP contribution >= 0.6 is 0 Å². The van der Waals surface area contributed by atoms with Crippen LogP contribution in [0.2, 0.25) is 0 Å². The summed E-state index contributed by atoms with van der Waals surface area (Å²) in [7, 11) is 0. The zero-order valence-corrected chi connectivity index (χ0v) is 10.4. The number of hydrogen-bond donors (Lipinski definition) is 2. The van der Waals surface area contributed by atoms with Gasteiger partial charge >= 0.3 is 0 Å². The van der Waals surface area contributed by atoms with Gasteiger partial charge in [0.15, 0.2) is 0 Å². The first kappa shape index (κ1) is 13.5. The van der Waals surface area contributed by atoms with E-state index >= 15 is 0 Å². The molecule has 1 rings (SSSR count). The van der Waals surface area contributed by atoms with Crippen molar-refractivity contribution in [2.75, 3.05) is 19.7 Å². The molecule has 0 aliphatic heterocycles. The van der Waals surface area contributed by atoms with Crippen LogP contribution in [0.4, 0.5) is 0 Å². The Morgan fingerprint density at radius 3 is 2.62 bits per heavy atom. The Balaban J connectivity index is 2.57. The highest BCUT2D eigenvalue weighted by molar-refractivity contribution is 5.79. The molecular weight excluding hydrogens is 204 g/mol. The van der Waals surface area contributed by atoms with E-state index in [0.717, 1.165) is 19.3 Å². The van der Waals surface area contributed by atoms with Crippen molar-refractivity contribution in [1.29, 1.82) is 0 Å². The van der Waals surface area contributed by atoms with Gasteiger partial charge in [0.05, 0.1) is 6.61 Å². The van der Waals surface area contributed by atoms with Gasteiger partial charge < -0.3 is 15.7 Å². The Kier molecular flexibility index (Phi) is 5.22. The van der Waals surface area contributed by atoms with Gasteiger partial charge in [0.2, 0.25) is 5.91 Å². The lowest BCUT2D eigenvalue weighted by Crippen LogP contribution is -2.43. The van der Waals surface area contributed by atoms with E-state index in [9.17, 15) is 4.79 Å². The number of carbonyl (C=O) groups is 1. The fourth-order valence-electron chi connectivity index (χ4n) is 2.66. The molecule has 1 saturated carbocycles. The molecule has 3 N–H and O–H groups in total. The molecule has 1 fully saturated rings. The predicted molar refractivity (Wildman–Crippen MR) is 63.8 cm³/mol. The number of carbonyl (C=O) groups excluding carboxylic acids is 1. The van der Waals surface area contributed by atoms with Crippen molar-refractivity contribution in [1.82, 2.24) is 4.90 Å². The summed E-state index contributed by atoms with van der Waals surface area (Å²) in [5, 5.41) is 8.90. The zero-order chi connectivity index (χ0) is 12.1. The van der Waals surface area contributed by atoms with E-state index in [4.69, 9.17) is 10.8 Å². The number of nitrogens with two attached hydrogens (primary N) is 1. The zero-order valence-electron chi connectivity index (χ0n) is 10.4. The lowest BCUT2D eigenvalue weighted by molar-refractivity contribution is -0.137. The first-order chi connectivity index (χ1) is 7.58. The Labute approximate surface area is 97.8 Å². The maximum Gasteiger partial charge on any atom is 0.225 e. The number of hydrogen-bond acceptors (Lipinski definition) is 3. The standard InChI is InChI=1S/C12H24N2O2/c1-3-14(4-5-15)12(16)10-6-9(2)7-11(13)8-10/h9-11,15H,3-8,13H2,1-2H3. The molecule has 3 atom stereocenters. The van der Waals surface area contributed by atoms with Crippen molar-refractivity contribution < 1.29 is 9.90 Å². The van der Waals surface area contributed by atoms with Crippen LogP contribution in [0.15, 0.2) is 0 Å². The highest BCUT2D eigenvalue weighted by Crippen LogP contribution is 2.29. The van der Waals surface area contributed by atoms with E-state index in [1.165, 1.54) is 0 Å². The van der Waals surface area contributed by atoms with Gasteiger partial charge in [0.1, 0.15) is 0 Å². The van der Waals surface area contributed by atoms with Crippen molar-refractivity contribution in [2.45, 2.75) is 39.2 Å². The van der Waals surface area contributed by atoms with Gasteiger partial charge in [-0.05, 0) is 32.1 Å². The van der Waals surface area contributed by atoms with Crippen LogP contribution in [0.3, 0.4) is 0 Å². The first-order valence-electron chi connectivity index (χ1n) is 6.23. The average molecular weight is 228 g/mol. The maximum atomic E-state index is 12.2. The minimum absolute atomic E-state index is 0.0356. The molecule has 0 aromatic carbocycles. The van der Waals surface area contributed by atoms with Crippen LogP contribution < -0.4 is 5.73 Å². The van der Waals surface area contributed by atoms with Crippen molar-refractivity contribution in [3.63, 3.8) is 0 Å². The summed E-state index contributed by atoms with van der Waals surface area (Å²) in [6.07, 6.45) is 2.76. The molecule has 4 nitrogen and oxygen atoms in total. The fraction of sp³-hybridized carbons (Fsp3) is 0.917. The Bertz CT molecular complexity index is 223. The third kappa shape index (κ3) is 3.46. The van der Waals surface area contributed by atoms with Crippen LogP contribution in [0, 0.1) is 11.8 Å². The second-order valence-electron chi connectivity index (χ2n) is 4.91. The summed E-state index contributed by atoms with van der Waals surface area (Å²) in [4.78, 5) is 13.9. The number of aliphatic hydroxyl groups excluding tert-OH is 1. The van der Waals surface area contributed by atoms with Crippen molar-refractivity contribution in [2.24, 2.45) is 17.6 Å². The van der Waals surface area contributed by atoms with Gasteiger partial charge in [-0.2, -0.15) is 0 Å².